The van der Waals surface area contributed by atoms with Crippen LogP contribution < -0.4 is 14.5 Å². The van der Waals surface area contributed by atoms with Crippen molar-refractivity contribution in [1.82, 2.24) is 14.8 Å². The van der Waals surface area contributed by atoms with Crippen LogP contribution in [-0.4, -0.2) is 73.1 Å². The van der Waals surface area contributed by atoms with Crippen LogP contribution in [0.25, 0.3) is 0 Å². The highest BCUT2D eigenvalue weighted by molar-refractivity contribution is 5.98. The molecular formula is C23H25FN6O2. The molecule has 3 aliphatic rings. The van der Waals surface area contributed by atoms with E-state index in [9.17, 15) is 9.18 Å². The molecule has 0 unspecified atom stereocenters. The number of nitrogens with zero attached hydrogens (tertiary/aromatic N) is 6. The Bertz CT molecular complexity index is 1040. The van der Waals surface area contributed by atoms with Crippen molar-refractivity contribution < 1.29 is 13.9 Å². The van der Waals surface area contributed by atoms with Crippen molar-refractivity contribution >= 4 is 17.3 Å². The molecular weight excluding hydrogens is 411 g/mol. The van der Waals surface area contributed by atoms with Gasteiger partial charge in [0.05, 0.1) is 24.9 Å². The third-order valence-corrected chi connectivity index (χ3v) is 6.34. The van der Waals surface area contributed by atoms with E-state index in [4.69, 9.17) is 10.00 Å². The minimum absolute atomic E-state index is 0.0818. The molecule has 0 aliphatic carbocycles. The molecule has 166 valence electrons. The highest BCUT2D eigenvalue weighted by Gasteiger charge is 2.38. The number of carbonyl (C=O) groups is 1. The number of piperazine rings is 1. The van der Waals surface area contributed by atoms with Gasteiger partial charge in [0, 0.05) is 45.8 Å². The van der Waals surface area contributed by atoms with Gasteiger partial charge < -0.3 is 19.4 Å². The summed E-state index contributed by atoms with van der Waals surface area (Å²) < 4.78 is 19.4. The number of likely N-dealkylation sites (tertiary alicyclic amines) is 1. The highest BCUT2D eigenvalue weighted by Crippen LogP contribution is 2.40. The van der Waals surface area contributed by atoms with Crippen molar-refractivity contribution in [2.24, 2.45) is 5.92 Å². The summed E-state index contributed by atoms with van der Waals surface area (Å²) in [6.45, 7) is 5.63. The average molecular weight is 436 g/mol. The maximum Gasteiger partial charge on any atom is 0.232 e. The van der Waals surface area contributed by atoms with Crippen LogP contribution in [-0.2, 0) is 11.3 Å². The molecule has 32 heavy (non-hydrogen) atoms. The number of hydrogen-bond acceptors (Lipinski definition) is 7. The zero-order valence-electron chi connectivity index (χ0n) is 17.8. The molecule has 1 aromatic heterocycles. The van der Waals surface area contributed by atoms with E-state index in [0.717, 1.165) is 11.3 Å². The number of aromatic nitrogens is 1. The van der Waals surface area contributed by atoms with Gasteiger partial charge in [0.2, 0.25) is 5.91 Å². The zero-order valence-corrected chi connectivity index (χ0v) is 17.8. The second kappa shape index (κ2) is 8.63. The molecule has 1 amide bonds. The van der Waals surface area contributed by atoms with Crippen LogP contribution in [0, 0.1) is 23.2 Å². The number of fused-ring (bicyclic) bond motifs is 1. The summed E-state index contributed by atoms with van der Waals surface area (Å²) >= 11 is 0. The first kappa shape index (κ1) is 20.5. The molecule has 2 saturated heterocycles. The Morgan fingerprint density at radius 2 is 1.94 bits per heavy atom. The van der Waals surface area contributed by atoms with Crippen molar-refractivity contribution in [1.29, 1.82) is 5.26 Å². The minimum Gasteiger partial charge on any atom is -0.487 e. The van der Waals surface area contributed by atoms with Gasteiger partial charge in [0.15, 0.2) is 11.9 Å². The Morgan fingerprint density at radius 3 is 2.69 bits per heavy atom. The van der Waals surface area contributed by atoms with E-state index in [1.54, 1.807) is 28.3 Å². The fraction of sp³-hybridized carbons (Fsp3) is 0.435. The number of amides is 1. The molecule has 0 bridgehead atoms. The van der Waals surface area contributed by atoms with Crippen molar-refractivity contribution in [2.45, 2.75) is 6.54 Å². The maximum atomic E-state index is 13.4. The first-order valence-electron chi connectivity index (χ1n) is 10.9. The van der Waals surface area contributed by atoms with Crippen molar-refractivity contribution in [3.63, 3.8) is 0 Å². The molecule has 2 fully saturated rings. The maximum absolute atomic E-state index is 13.4. The molecule has 3 aliphatic heterocycles. The fourth-order valence-electron chi connectivity index (χ4n) is 4.60. The number of nitriles is 1. The predicted octanol–water partition coefficient (Wildman–Crippen LogP) is 1.68. The molecule has 8 nitrogen and oxygen atoms in total. The zero-order chi connectivity index (χ0) is 22.1. The monoisotopic (exact) mass is 436 g/mol. The number of pyridine rings is 1. The van der Waals surface area contributed by atoms with Crippen molar-refractivity contribution in [3.8, 4) is 11.9 Å². The topological polar surface area (TPSA) is 75.9 Å². The lowest BCUT2D eigenvalue weighted by molar-refractivity contribution is -0.128. The molecule has 9 heteroatoms. The van der Waals surface area contributed by atoms with Crippen molar-refractivity contribution in [3.05, 3.63) is 48.0 Å². The second-order valence-corrected chi connectivity index (χ2v) is 8.44. The van der Waals surface area contributed by atoms with Crippen LogP contribution in [0.3, 0.4) is 0 Å². The summed E-state index contributed by atoms with van der Waals surface area (Å²) in [6.07, 6.45) is 5.67. The van der Waals surface area contributed by atoms with Crippen LogP contribution in [0.5, 0.6) is 5.75 Å². The highest BCUT2D eigenvalue weighted by atomic mass is 19.1. The van der Waals surface area contributed by atoms with E-state index in [-0.39, 0.29) is 17.6 Å². The lowest BCUT2D eigenvalue weighted by atomic mass is 9.97. The van der Waals surface area contributed by atoms with Gasteiger partial charge in [-0.2, -0.15) is 5.26 Å². The molecule has 1 aromatic carbocycles. The molecule has 0 spiro atoms. The SMILES string of the molecule is N#CN1CCN(c2cncc3c2OCCN3C(=O)C2CN(Cc3cccc(F)c3)C2)CC1. The van der Waals surface area contributed by atoms with Gasteiger partial charge in [-0.1, -0.05) is 12.1 Å². The summed E-state index contributed by atoms with van der Waals surface area (Å²) in [5.41, 5.74) is 2.50. The smallest absolute Gasteiger partial charge is 0.232 e. The lowest BCUT2D eigenvalue weighted by Gasteiger charge is -2.42. The molecule has 0 atom stereocenters. The average Bonchev–Trinajstić information content (AvgIpc) is 2.80. The summed E-state index contributed by atoms with van der Waals surface area (Å²) in [5.74, 6) is 0.453. The number of anilines is 2. The van der Waals surface area contributed by atoms with E-state index in [1.165, 1.54) is 12.1 Å². The van der Waals surface area contributed by atoms with E-state index in [1.807, 2.05) is 6.07 Å². The summed E-state index contributed by atoms with van der Waals surface area (Å²) in [7, 11) is 0. The standard InChI is InChI=1S/C23H25FN6O2/c24-19-3-1-2-17(10-19)13-28-14-18(15-28)23(31)30-8-9-32-22-20(11-26-12-21(22)30)29-6-4-27(16-25)5-7-29/h1-3,10-12,18H,4-9,13-15H2. The van der Waals surface area contributed by atoms with Crippen LogP contribution in [0.4, 0.5) is 15.8 Å². The lowest BCUT2D eigenvalue weighted by Crippen LogP contribution is -2.55. The third-order valence-electron chi connectivity index (χ3n) is 6.34. The third kappa shape index (κ3) is 3.94. The van der Waals surface area contributed by atoms with Crippen molar-refractivity contribution in [2.75, 3.05) is 62.2 Å². The Morgan fingerprint density at radius 1 is 1.16 bits per heavy atom. The number of benzene rings is 1. The minimum atomic E-state index is -0.238. The summed E-state index contributed by atoms with van der Waals surface area (Å²) in [4.78, 5) is 25.5. The second-order valence-electron chi connectivity index (χ2n) is 8.44. The normalized spacial score (nSPS) is 19.1. The van der Waals surface area contributed by atoms with E-state index < -0.39 is 0 Å². The van der Waals surface area contributed by atoms with Crippen LogP contribution in [0.15, 0.2) is 36.7 Å². The Balaban J connectivity index is 1.26. The summed E-state index contributed by atoms with van der Waals surface area (Å²) in [5, 5.41) is 9.09. The van der Waals surface area contributed by atoms with Crippen LogP contribution in [0.2, 0.25) is 0 Å². The van der Waals surface area contributed by atoms with Crippen LogP contribution in [0.1, 0.15) is 5.56 Å². The number of halogens is 1. The fourth-order valence-corrected chi connectivity index (χ4v) is 4.60. The first-order valence-corrected chi connectivity index (χ1v) is 10.9. The molecule has 0 saturated carbocycles. The van der Waals surface area contributed by atoms with E-state index in [0.29, 0.717) is 70.4 Å². The van der Waals surface area contributed by atoms with Gasteiger partial charge in [-0.05, 0) is 17.7 Å². The molecule has 0 radical (unpaired) electrons. The van der Waals surface area contributed by atoms with Gasteiger partial charge in [-0.3, -0.25) is 14.7 Å². The Hall–Kier alpha value is -3.38. The van der Waals surface area contributed by atoms with Gasteiger partial charge in [-0.25, -0.2) is 4.39 Å². The van der Waals surface area contributed by atoms with Gasteiger partial charge in [-0.15, -0.1) is 0 Å². The number of ether oxygens (including phenoxy) is 1. The van der Waals surface area contributed by atoms with Crippen LogP contribution >= 0.6 is 0 Å². The number of rotatable bonds is 4. The first-order chi connectivity index (χ1) is 15.6. The number of hydrogen-bond donors (Lipinski definition) is 0. The molecule has 4 heterocycles. The van der Waals surface area contributed by atoms with Gasteiger partial charge >= 0.3 is 0 Å². The molecule has 2 aromatic rings. The quantitative estimate of drug-likeness (QED) is 0.675. The van der Waals surface area contributed by atoms with E-state index in [2.05, 4.69) is 21.0 Å². The molecule has 5 rings (SSSR count). The Labute approximate surface area is 186 Å². The Kier molecular flexibility index (Phi) is 5.53. The largest absolute Gasteiger partial charge is 0.487 e. The number of carbonyl (C=O) groups excluding carboxylic acids is 1. The predicted molar refractivity (Wildman–Crippen MR) is 117 cm³/mol. The van der Waals surface area contributed by atoms with Gasteiger partial charge in [0.25, 0.3) is 0 Å². The van der Waals surface area contributed by atoms with E-state index >= 15 is 0 Å². The van der Waals surface area contributed by atoms with Gasteiger partial charge in [0.1, 0.15) is 23.8 Å². The molecule has 0 N–H and O–H groups in total. The summed E-state index contributed by atoms with van der Waals surface area (Å²) in [6, 6.07) is 6.59.